The summed E-state index contributed by atoms with van der Waals surface area (Å²) >= 11 is 0. The maximum atomic E-state index is 5.39. The molecule has 0 aliphatic heterocycles. The zero-order chi connectivity index (χ0) is 6.08. The Kier molecular flexibility index (Phi) is 1.78. The molecule has 0 heterocycles. The second-order valence-corrected chi connectivity index (χ2v) is 2.27. The summed E-state index contributed by atoms with van der Waals surface area (Å²) in [6, 6.07) is 0. The van der Waals surface area contributed by atoms with Crippen LogP contribution < -0.4 is 11.5 Å². The van der Waals surface area contributed by atoms with Gasteiger partial charge in [-0.2, -0.15) is 0 Å². The zero-order valence-corrected chi connectivity index (χ0v) is 4.94. The van der Waals surface area contributed by atoms with Crippen molar-refractivity contribution in [2.75, 3.05) is 0 Å². The quantitative estimate of drug-likeness (QED) is 0.460. The predicted molar refractivity (Wildman–Crippen MR) is 31.3 cm³/mol. The van der Waals surface area contributed by atoms with Gasteiger partial charge in [0.1, 0.15) is 0 Å². The molecule has 1 atom stereocenters. The van der Waals surface area contributed by atoms with Crippen LogP contribution >= 0.6 is 0 Å². The average molecular weight is 101 g/mol. The Morgan fingerprint density at radius 2 is 1.71 bits per heavy atom. The SMILES string of the molecule is [CH2]C(C)C(C)(N)N. The predicted octanol–water partition coefficient (Wildman–Crippen LogP) is 0.0902. The van der Waals surface area contributed by atoms with Gasteiger partial charge in [-0.25, -0.2) is 0 Å². The monoisotopic (exact) mass is 101 g/mol. The van der Waals surface area contributed by atoms with Crippen LogP contribution in [0.25, 0.3) is 0 Å². The summed E-state index contributed by atoms with van der Waals surface area (Å²) in [6.45, 7) is 7.30. The zero-order valence-electron chi connectivity index (χ0n) is 4.94. The highest BCUT2D eigenvalue weighted by atomic mass is 14.9. The average Bonchev–Trinajstić information content (AvgIpc) is 1.31. The number of rotatable bonds is 1. The molecule has 0 aliphatic rings. The standard InChI is InChI=1S/C5H13N2/c1-4(2)5(3,6)7/h4H,1,6-7H2,2-3H3. The molecule has 43 valence electrons. The summed E-state index contributed by atoms with van der Waals surface area (Å²) < 4.78 is 0. The first-order valence-electron chi connectivity index (χ1n) is 2.35. The van der Waals surface area contributed by atoms with Crippen LogP contribution in [-0.2, 0) is 0 Å². The van der Waals surface area contributed by atoms with E-state index in [1.807, 2.05) is 6.92 Å². The van der Waals surface area contributed by atoms with Crippen molar-refractivity contribution in [1.82, 2.24) is 0 Å². The highest BCUT2D eigenvalue weighted by Gasteiger charge is 2.14. The summed E-state index contributed by atoms with van der Waals surface area (Å²) in [5.74, 6) is 0.104. The largest absolute Gasteiger partial charge is 0.314 e. The second kappa shape index (κ2) is 1.80. The lowest BCUT2D eigenvalue weighted by atomic mass is 10.0. The molecule has 2 nitrogen and oxygen atoms in total. The van der Waals surface area contributed by atoms with E-state index >= 15 is 0 Å². The Morgan fingerprint density at radius 1 is 1.57 bits per heavy atom. The normalized spacial score (nSPS) is 12.9. The van der Waals surface area contributed by atoms with Crippen molar-refractivity contribution < 1.29 is 0 Å². The van der Waals surface area contributed by atoms with Crippen LogP contribution in [0.4, 0.5) is 0 Å². The lowest BCUT2D eigenvalue weighted by molar-refractivity contribution is 0.384. The molecule has 0 aliphatic carbocycles. The summed E-state index contributed by atoms with van der Waals surface area (Å²) in [5, 5.41) is 0. The van der Waals surface area contributed by atoms with E-state index in [2.05, 4.69) is 6.92 Å². The van der Waals surface area contributed by atoms with Gasteiger partial charge in [-0.3, -0.25) is 0 Å². The molecule has 1 radical (unpaired) electrons. The van der Waals surface area contributed by atoms with Gasteiger partial charge < -0.3 is 11.5 Å². The number of hydrogen-bond donors (Lipinski definition) is 2. The topological polar surface area (TPSA) is 52.0 Å². The molecule has 7 heavy (non-hydrogen) atoms. The van der Waals surface area contributed by atoms with Gasteiger partial charge in [0.05, 0.1) is 5.66 Å². The van der Waals surface area contributed by atoms with Gasteiger partial charge in [-0.1, -0.05) is 6.92 Å². The van der Waals surface area contributed by atoms with E-state index in [0.29, 0.717) is 0 Å². The van der Waals surface area contributed by atoms with Crippen molar-refractivity contribution in [1.29, 1.82) is 0 Å². The lowest BCUT2D eigenvalue weighted by Gasteiger charge is -2.22. The number of hydrogen-bond acceptors (Lipinski definition) is 2. The smallest absolute Gasteiger partial charge is 0.0633 e. The van der Waals surface area contributed by atoms with Crippen LogP contribution in [0.5, 0.6) is 0 Å². The second-order valence-electron chi connectivity index (χ2n) is 2.27. The minimum absolute atomic E-state index is 0.104. The maximum absolute atomic E-state index is 5.39. The first kappa shape index (κ1) is 6.92. The maximum Gasteiger partial charge on any atom is 0.0633 e. The van der Waals surface area contributed by atoms with Gasteiger partial charge in [0, 0.05) is 0 Å². The van der Waals surface area contributed by atoms with Gasteiger partial charge >= 0.3 is 0 Å². The molecule has 1 unspecified atom stereocenters. The molecule has 0 saturated heterocycles. The fourth-order valence-corrected chi connectivity index (χ4v) is 0. The highest BCUT2D eigenvalue weighted by molar-refractivity contribution is 4.77. The van der Waals surface area contributed by atoms with Crippen LogP contribution in [0.1, 0.15) is 13.8 Å². The fraction of sp³-hybridized carbons (Fsp3) is 0.800. The van der Waals surface area contributed by atoms with Crippen molar-refractivity contribution in [3.8, 4) is 0 Å². The Hall–Kier alpha value is -0.0800. The van der Waals surface area contributed by atoms with Gasteiger partial charge in [0.25, 0.3) is 0 Å². The van der Waals surface area contributed by atoms with Crippen molar-refractivity contribution >= 4 is 0 Å². The van der Waals surface area contributed by atoms with Crippen molar-refractivity contribution in [3.05, 3.63) is 6.92 Å². The molecule has 0 fully saturated rings. The lowest BCUT2D eigenvalue weighted by Crippen LogP contribution is -2.50. The van der Waals surface area contributed by atoms with Gasteiger partial charge in [-0.15, -0.1) is 0 Å². The van der Waals surface area contributed by atoms with E-state index < -0.39 is 5.66 Å². The third-order valence-electron chi connectivity index (χ3n) is 1.06. The van der Waals surface area contributed by atoms with Crippen LogP contribution in [0.2, 0.25) is 0 Å². The molecular formula is C5H13N2. The minimum Gasteiger partial charge on any atom is -0.314 e. The first-order chi connectivity index (χ1) is 2.94. The molecule has 0 spiro atoms. The molecule has 0 saturated carbocycles. The Morgan fingerprint density at radius 3 is 1.71 bits per heavy atom. The molecule has 2 heteroatoms. The van der Waals surface area contributed by atoms with Gasteiger partial charge in [-0.05, 0) is 19.8 Å². The van der Waals surface area contributed by atoms with E-state index in [1.165, 1.54) is 0 Å². The van der Waals surface area contributed by atoms with E-state index in [-0.39, 0.29) is 5.92 Å². The molecule has 0 bridgehead atoms. The molecule has 0 rings (SSSR count). The van der Waals surface area contributed by atoms with Gasteiger partial charge in [0.15, 0.2) is 0 Å². The Labute approximate surface area is 44.9 Å². The van der Waals surface area contributed by atoms with Crippen molar-refractivity contribution in [2.45, 2.75) is 19.5 Å². The Balaban J connectivity index is 3.54. The van der Waals surface area contributed by atoms with Crippen molar-refractivity contribution in [3.63, 3.8) is 0 Å². The molecule has 0 amide bonds. The van der Waals surface area contributed by atoms with Crippen LogP contribution in [0, 0.1) is 12.8 Å². The van der Waals surface area contributed by atoms with E-state index in [0.717, 1.165) is 0 Å². The summed E-state index contributed by atoms with van der Waals surface area (Å²) in [6.07, 6.45) is 0. The van der Waals surface area contributed by atoms with Crippen LogP contribution in [0.3, 0.4) is 0 Å². The molecule has 0 aromatic heterocycles. The summed E-state index contributed by atoms with van der Waals surface area (Å²) in [5.41, 5.74) is 10.2. The van der Waals surface area contributed by atoms with Crippen LogP contribution in [0.15, 0.2) is 0 Å². The summed E-state index contributed by atoms with van der Waals surface area (Å²) in [7, 11) is 0. The molecular weight excluding hydrogens is 88.1 g/mol. The van der Waals surface area contributed by atoms with Crippen molar-refractivity contribution in [2.24, 2.45) is 17.4 Å². The molecule has 4 N–H and O–H groups in total. The number of nitrogens with two attached hydrogens (primary N) is 2. The minimum atomic E-state index is -0.611. The van der Waals surface area contributed by atoms with Gasteiger partial charge in [0.2, 0.25) is 0 Å². The fourth-order valence-electron chi connectivity index (χ4n) is 0. The third kappa shape index (κ3) is 2.60. The van der Waals surface area contributed by atoms with E-state index in [4.69, 9.17) is 11.5 Å². The third-order valence-corrected chi connectivity index (χ3v) is 1.06. The molecule has 0 aromatic rings. The molecule has 0 aromatic carbocycles. The first-order valence-corrected chi connectivity index (χ1v) is 2.35. The van der Waals surface area contributed by atoms with E-state index in [9.17, 15) is 0 Å². The summed E-state index contributed by atoms with van der Waals surface area (Å²) in [4.78, 5) is 0. The van der Waals surface area contributed by atoms with Crippen LogP contribution in [-0.4, -0.2) is 5.66 Å². The highest BCUT2D eigenvalue weighted by Crippen LogP contribution is 2.02. The van der Waals surface area contributed by atoms with E-state index in [1.54, 1.807) is 6.92 Å². The Bertz CT molecular complexity index is 51.6.